The predicted octanol–water partition coefficient (Wildman–Crippen LogP) is 9.44. The molecule has 0 aromatic heterocycles. The summed E-state index contributed by atoms with van der Waals surface area (Å²) in [5.41, 5.74) is 2.86. The molecule has 7 unspecified atom stereocenters. The van der Waals surface area contributed by atoms with Crippen LogP contribution in [-0.4, -0.2) is 0 Å². The molecule has 8 atom stereocenters. The molecule has 168 valence electrons. The molecule has 0 heterocycles. The third-order valence-corrected chi connectivity index (χ3v) is 10.5. The highest BCUT2D eigenvalue weighted by molar-refractivity contribution is 5.09. The molecular weight excluding hydrogens is 348 g/mol. The number of hydrogen-bond acceptors (Lipinski definition) is 0. The van der Waals surface area contributed by atoms with E-state index in [0.717, 1.165) is 35.5 Å². The van der Waals surface area contributed by atoms with Gasteiger partial charge in [-0.25, -0.2) is 0 Å². The van der Waals surface area contributed by atoms with E-state index in [9.17, 15) is 0 Å². The first-order chi connectivity index (χ1) is 13.9. The molecule has 0 heteroatoms. The van der Waals surface area contributed by atoms with Gasteiger partial charge in [-0.1, -0.05) is 59.1 Å². The Labute approximate surface area is 183 Å². The fourth-order valence-corrected chi connectivity index (χ4v) is 9.11. The largest absolute Gasteiger partial charge is 0.0859 e. The number of rotatable bonds is 4. The van der Waals surface area contributed by atoms with Crippen LogP contribution in [-0.2, 0) is 0 Å². The molecule has 0 aromatic carbocycles. The van der Waals surface area contributed by atoms with Crippen molar-refractivity contribution in [3.8, 4) is 0 Å². The molecule has 4 rings (SSSR count). The van der Waals surface area contributed by atoms with Crippen LogP contribution in [0.1, 0.15) is 126 Å². The van der Waals surface area contributed by atoms with Crippen molar-refractivity contribution in [3.05, 3.63) is 11.6 Å². The van der Waals surface area contributed by atoms with Crippen LogP contribution in [0.4, 0.5) is 0 Å². The third kappa shape index (κ3) is 4.25. The van der Waals surface area contributed by atoms with E-state index in [1.807, 2.05) is 13.8 Å². The molecule has 4 aliphatic rings. The van der Waals surface area contributed by atoms with Gasteiger partial charge in [0.2, 0.25) is 0 Å². The molecule has 0 aromatic rings. The zero-order valence-electron chi connectivity index (χ0n) is 21.0. The Bertz CT molecular complexity index is 554. The van der Waals surface area contributed by atoms with Crippen molar-refractivity contribution in [3.63, 3.8) is 0 Å². The SMILES string of the molecule is CC.CC(C)=CCC[C@@H](C)C1CCC2C3CCC4CCCCC4(C)C3CCC21C. The first-order valence-electron chi connectivity index (χ1n) is 13.5. The Morgan fingerprint density at radius 1 is 0.862 bits per heavy atom. The van der Waals surface area contributed by atoms with Gasteiger partial charge in [0.1, 0.15) is 0 Å². The van der Waals surface area contributed by atoms with Crippen LogP contribution in [0.15, 0.2) is 11.6 Å². The Morgan fingerprint density at radius 2 is 1.59 bits per heavy atom. The zero-order chi connectivity index (χ0) is 21.2. The summed E-state index contributed by atoms with van der Waals surface area (Å²) in [5.74, 6) is 6.15. The smallest absolute Gasteiger partial charge is 0.0264 e. The van der Waals surface area contributed by atoms with Gasteiger partial charge >= 0.3 is 0 Å². The van der Waals surface area contributed by atoms with Crippen molar-refractivity contribution in [2.24, 2.45) is 46.3 Å². The van der Waals surface area contributed by atoms with E-state index in [-0.39, 0.29) is 0 Å². The Kier molecular flexibility index (Phi) is 7.65. The molecule has 0 N–H and O–H groups in total. The third-order valence-electron chi connectivity index (χ3n) is 10.5. The van der Waals surface area contributed by atoms with Crippen molar-refractivity contribution in [1.82, 2.24) is 0 Å². The Morgan fingerprint density at radius 3 is 2.31 bits per heavy atom. The summed E-state index contributed by atoms with van der Waals surface area (Å²) < 4.78 is 0. The van der Waals surface area contributed by atoms with Crippen LogP contribution < -0.4 is 0 Å². The van der Waals surface area contributed by atoms with Crippen molar-refractivity contribution < 1.29 is 0 Å². The van der Waals surface area contributed by atoms with Gasteiger partial charge in [0.15, 0.2) is 0 Å². The first-order valence-corrected chi connectivity index (χ1v) is 13.5. The minimum Gasteiger partial charge on any atom is -0.0859 e. The van der Waals surface area contributed by atoms with E-state index < -0.39 is 0 Å². The van der Waals surface area contributed by atoms with Gasteiger partial charge in [-0.2, -0.15) is 0 Å². The fourth-order valence-electron chi connectivity index (χ4n) is 9.11. The van der Waals surface area contributed by atoms with Crippen LogP contribution in [0.2, 0.25) is 0 Å². The minimum absolute atomic E-state index is 0.656. The molecule has 0 bridgehead atoms. The van der Waals surface area contributed by atoms with Crippen LogP contribution in [0, 0.1) is 46.3 Å². The van der Waals surface area contributed by atoms with Gasteiger partial charge < -0.3 is 0 Å². The molecule has 29 heavy (non-hydrogen) atoms. The van der Waals surface area contributed by atoms with Crippen LogP contribution >= 0.6 is 0 Å². The highest BCUT2D eigenvalue weighted by Gasteiger charge is 2.59. The molecule has 4 saturated carbocycles. The van der Waals surface area contributed by atoms with Crippen molar-refractivity contribution in [2.75, 3.05) is 0 Å². The molecular formula is C29H52. The average Bonchev–Trinajstić information content (AvgIpc) is 3.06. The second-order valence-corrected chi connectivity index (χ2v) is 12.0. The van der Waals surface area contributed by atoms with Gasteiger partial charge in [0.25, 0.3) is 0 Å². The van der Waals surface area contributed by atoms with E-state index in [4.69, 9.17) is 0 Å². The van der Waals surface area contributed by atoms with Crippen molar-refractivity contribution in [2.45, 2.75) is 126 Å². The summed E-state index contributed by atoms with van der Waals surface area (Å²) in [4.78, 5) is 0. The standard InChI is InChI=1S/C27H46.C2H6/c1-19(2)9-8-10-20(3)23-14-15-24-22-13-12-21-11-6-7-17-26(21,4)25(22)16-18-27(23,24)5;1-2/h9,20-25H,6-8,10-18H2,1-5H3;1-2H3/t20-,21?,22?,23?,24?,25?,26?,27?;/m1./s1. The molecule has 0 nitrogen and oxygen atoms in total. The first kappa shape index (κ1) is 23.4. The summed E-state index contributed by atoms with van der Waals surface area (Å²) in [6.07, 6.45) is 20.6. The number of allylic oxidation sites excluding steroid dienone is 2. The molecule has 4 aliphatic carbocycles. The van der Waals surface area contributed by atoms with Gasteiger partial charge in [-0.15, -0.1) is 0 Å². The van der Waals surface area contributed by atoms with Crippen LogP contribution in [0.25, 0.3) is 0 Å². The van der Waals surface area contributed by atoms with Gasteiger partial charge in [0, 0.05) is 0 Å². The lowest BCUT2D eigenvalue weighted by Crippen LogP contribution is -2.53. The average molecular weight is 401 g/mol. The quantitative estimate of drug-likeness (QED) is 0.412. The van der Waals surface area contributed by atoms with Crippen LogP contribution in [0.5, 0.6) is 0 Å². The van der Waals surface area contributed by atoms with E-state index in [1.54, 1.807) is 44.9 Å². The lowest BCUT2D eigenvalue weighted by molar-refractivity contribution is -0.114. The maximum atomic E-state index is 2.73. The molecule has 0 radical (unpaired) electrons. The molecule has 0 spiro atoms. The topological polar surface area (TPSA) is 0 Å². The molecule has 4 fully saturated rings. The number of hydrogen-bond donors (Lipinski definition) is 0. The van der Waals surface area contributed by atoms with E-state index in [1.165, 1.54) is 37.7 Å². The predicted molar refractivity (Wildman–Crippen MR) is 129 cm³/mol. The van der Waals surface area contributed by atoms with Crippen LogP contribution in [0.3, 0.4) is 0 Å². The maximum Gasteiger partial charge on any atom is -0.0264 e. The highest BCUT2D eigenvalue weighted by atomic mass is 14.6. The van der Waals surface area contributed by atoms with E-state index >= 15 is 0 Å². The number of fused-ring (bicyclic) bond motifs is 5. The van der Waals surface area contributed by atoms with Gasteiger partial charge in [0.05, 0.1) is 0 Å². The molecule has 0 aliphatic heterocycles. The Hall–Kier alpha value is -0.260. The fraction of sp³-hybridized carbons (Fsp3) is 0.931. The van der Waals surface area contributed by atoms with Crippen molar-refractivity contribution >= 4 is 0 Å². The summed E-state index contributed by atoms with van der Waals surface area (Å²) in [6, 6.07) is 0. The maximum absolute atomic E-state index is 2.73. The second kappa shape index (κ2) is 9.48. The second-order valence-electron chi connectivity index (χ2n) is 12.0. The lowest BCUT2D eigenvalue weighted by atomic mass is 9.44. The van der Waals surface area contributed by atoms with Gasteiger partial charge in [-0.05, 0) is 124 Å². The summed E-state index contributed by atoms with van der Waals surface area (Å²) in [6.45, 7) is 16.5. The van der Waals surface area contributed by atoms with Crippen molar-refractivity contribution in [1.29, 1.82) is 0 Å². The normalized spacial score (nSPS) is 44.4. The summed E-state index contributed by atoms with van der Waals surface area (Å²) in [7, 11) is 0. The monoisotopic (exact) mass is 400 g/mol. The summed E-state index contributed by atoms with van der Waals surface area (Å²) in [5, 5.41) is 0. The van der Waals surface area contributed by atoms with E-state index in [0.29, 0.717) is 10.8 Å². The molecule has 0 saturated heterocycles. The zero-order valence-corrected chi connectivity index (χ0v) is 21.0. The summed E-state index contributed by atoms with van der Waals surface area (Å²) >= 11 is 0. The van der Waals surface area contributed by atoms with E-state index in [2.05, 4.69) is 40.7 Å². The van der Waals surface area contributed by atoms with Gasteiger partial charge in [-0.3, -0.25) is 0 Å². The minimum atomic E-state index is 0.656. The highest BCUT2D eigenvalue weighted by Crippen LogP contribution is 2.68. The molecule has 0 amide bonds. The Balaban J connectivity index is 0.00000117. The lowest BCUT2D eigenvalue weighted by Gasteiger charge is -2.61.